The van der Waals surface area contributed by atoms with E-state index < -0.39 is 0 Å². The van der Waals surface area contributed by atoms with Crippen molar-refractivity contribution < 1.29 is 0 Å². The van der Waals surface area contributed by atoms with Crippen LogP contribution in [0.2, 0.25) is 6.32 Å². The molecule has 0 atom stereocenters. The van der Waals surface area contributed by atoms with Gasteiger partial charge in [0.25, 0.3) is 0 Å². The molecule has 0 bridgehead atoms. The zero-order valence-corrected chi connectivity index (χ0v) is 7.27. The average molecular weight is 139 g/mol. The molecular weight excluding hydrogens is 121 g/mol. The van der Waals surface area contributed by atoms with Gasteiger partial charge >= 0.3 is 0 Å². The van der Waals surface area contributed by atoms with Gasteiger partial charge in [-0.15, -0.1) is 0 Å². The Morgan fingerprint density at radius 2 is 1.90 bits per heavy atom. The predicted octanol–water partition coefficient (Wildman–Crippen LogP) is 1.70. The van der Waals surface area contributed by atoms with E-state index in [9.17, 15) is 0 Å². The summed E-state index contributed by atoms with van der Waals surface area (Å²) in [6.07, 6.45) is 3.37. The Morgan fingerprint density at radius 3 is 2.30 bits per heavy atom. The molecule has 0 saturated heterocycles. The Balaban J connectivity index is 3.21. The van der Waals surface area contributed by atoms with E-state index in [0.29, 0.717) is 0 Å². The zero-order valence-electron chi connectivity index (χ0n) is 7.27. The summed E-state index contributed by atoms with van der Waals surface area (Å²) in [4.78, 5) is 2.39. The fourth-order valence-corrected chi connectivity index (χ4v) is 0.992. The van der Waals surface area contributed by atoms with Gasteiger partial charge in [0.15, 0.2) is 0 Å². The fourth-order valence-electron chi connectivity index (χ4n) is 0.992. The number of rotatable bonds is 6. The van der Waals surface area contributed by atoms with Crippen LogP contribution in [-0.4, -0.2) is 32.4 Å². The van der Waals surface area contributed by atoms with E-state index in [4.69, 9.17) is 7.85 Å². The third kappa shape index (κ3) is 4.86. The highest BCUT2D eigenvalue weighted by atomic mass is 15.1. The molecule has 0 heterocycles. The van der Waals surface area contributed by atoms with Gasteiger partial charge < -0.3 is 4.90 Å². The molecule has 2 radical (unpaired) electrons. The van der Waals surface area contributed by atoms with Gasteiger partial charge in [-0.05, 0) is 26.1 Å². The first kappa shape index (κ1) is 10.0. The highest BCUT2D eigenvalue weighted by molar-refractivity contribution is 6.08. The molecular formula is C8H18BN. The summed E-state index contributed by atoms with van der Waals surface area (Å²) in [5.74, 6) is 0. The normalized spacial score (nSPS) is 10.7. The average Bonchev–Trinajstić information content (AvgIpc) is 1.98. The Kier molecular flexibility index (Phi) is 7.15. The van der Waals surface area contributed by atoms with Gasteiger partial charge in [-0.25, -0.2) is 0 Å². The summed E-state index contributed by atoms with van der Waals surface area (Å²) in [5.41, 5.74) is 0. The third-order valence-corrected chi connectivity index (χ3v) is 1.72. The van der Waals surface area contributed by atoms with Crippen molar-refractivity contribution in [2.75, 3.05) is 19.6 Å². The molecule has 0 rings (SSSR count). The van der Waals surface area contributed by atoms with Crippen LogP contribution in [0.1, 0.15) is 26.7 Å². The smallest absolute Gasteiger partial charge is 0.0670 e. The van der Waals surface area contributed by atoms with Crippen molar-refractivity contribution in [3.05, 3.63) is 0 Å². The minimum Gasteiger partial charge on any atom is -0.304 e. The molecule has 0 aliphatic heterocycles. The van der Waals surface area contributed by atoms with Gasteiger partial charge in [-0.3, -0.25) is 0 Å². The molecule has 58 valence electrons. The van der Waals surface area contributed by atoms with Crippen LogP contribution in [0.15, 0.2) is 0 Å². The Hall–Kier alpha value is 0.0249. The fraction of sp³-hybridized carbons (Fsp3) is 1.00. The minimum absolute atomic E-state index is 0.789. The van der Waals surface area contributed by atoms with Crippen LogP contribution in [0, 0.1) is 0 Å². The van der Waals surface area contributed by atoms with Crippen molar-refractivity contribution in [2.45, 2.75) is 33.0 Å². The summed E-state index contributed by atoms with van der Waals surface area (Å²) in [5, 5.41) is 0. The molecule has 0 aromatic heterocycles. The van der Waals surface area contributed by atoms with Crippen molar-refractivity contribution in [3.8, 4) is 0 Å². The van der Waals surface area contributed by atoms with Crippen LogP contribution in [0.25, 0.3) is 0 Å². The van der Waals surface area contributed by atoms with Crippen LogP contribution in [-0.2, 0) is 0 Å². The van der Waals surface area contributed by atoms with Gasteiger partial charge in [0.2, 0.25) is 0 Å². The molecule has 0 aliphatic rings. The van der Waals surface area contributed by atoms with E-state index in [0.717, 1.165) is 19.4 Å². The van der Waals surface area contributed by atoms with E-state index in [1.807, 2.05) is 0 Å². The van der Waals surface area contributed by atoms with Crippen molar-refractivity contribution in [3.63, 3.8) is 0 Å². The lowest BCUT2D eigenvalue weighted by atomic mass is 10.1. The maximum absolute atomic E-state index is 5.44. The summed E-state index contributed by atoms with van der Waals surface area (Å²) in [7, 11) is 5.44. The second kappa shape index (κ2) is 7.14. The quantitative estimate of drug-likeness (QED) is 0.506. The van der Waals surface area contributed by atoms with E-state index in [2.05, 4.69) is 18.7 Å². The summed E-state index contributed by atoms with van der Waals surface area (Å²) in [6, 6.07) is 0. The number of hydrogen-bond acceptors (Lipinski definition) is 1. The van der Waals surface area contributed by atoms with Crippen LogP contribution in [0.3, 0.4) is 0 Å². The van der Waals surface area contributed by atoms with Gasteiger partial charge in [0.05, 0.1) is 7.85 Å². The van der Waals surface area contributed by atoms with Gasteiger partial charge in [-0.1, -0.05) is 26.6 Å². The van der Waals surface area contributed by atoms with Gasteiger partial charge in [-0.2, -0.15) is 0 Å². The van der Waals surface area contributed by atoms with E-state index in [1.54, 1.807) is 0 Å². The van der Waals surface area contributed by atoms with Crippen LogP contribution >= 0.6 is 0 Å². The van der Waals surface area contributed by atoms with E-state index in [-0.39, 0.29) is 0 Å². The van der Waals surface area contributed by atoms with Crippen molar-refractivity contribution >= 4 is 7.85 Å². The molecule has 2 heteroatoms. The lowest BCUT2D eigenvalue weighted by Crippen LogP contribution is -2.25. The van der Waals surface area contributed by atoms with Gasteiger partial charge in [0.1, 0.15) is 0 Å². The van der Waals surface area contributed by atoms with Crippen molar-refractivity contribution in [1.29, 1.82) is 0 Å². The second-order valence-electron chi connectivity index (χ2n) is 2.58. The highest BCUT2D eigenvalue weighted by Crippen LogP contribution is 1.94. The van der Waals surface area contributed by atoms with Crippen molar-refractivity contribution in [2.24, 2.45) is 0 Å². The molecule has 0 saturated carbocycles. The molecule has 0 aromatic rings. The first-order valence-electron chi connectivity index (χ1n) is 4.27. The standard InChI is InChI=1S/C8H18BN/c1-3-5-7-10(4-2)8-6-9/h3-8H2,1-2H3. The molecule has 0 N–H and O–H groups in total. The monoisotopic (exact) mass is 139 g/mol. The molecule has 1 nitrogen and oxygen atoms in total. The maximum atomic E-state index is 5.44. The summed E-state index contributed by atoms with van der Waals surface area (Å²) < 4.78 is 0. The first-order chi connectivity index (χ1) is 4.85. The Labute approximate surface area is 66.2 Å². The second-order valence-corrected chi connectivity index (χ2v) is 2.58. The predicted molar refractivity (Wildman–Crippen MR) is 47.6 cm³/mol. The maximum Gasteiger partial charge on any atom is 0.0670 e. The number of nitrogens with zero attached hydrogens (tertiary/aromatic N) is 1. The number of unbranched alkanes of at least 4 members (excludes halogenated alkanes) is 1. The van der Waals surface area contributed by atoms with Crippen LogP contribution in [0.4, 0.5) is 0 Å². The summed E-state index contributed by atoms with van der Waals surface area (Å²) in [6.45, 7) is 7.81. The SMILES string of the molecule is [B]CCN(CC)CCCC. The Bertz CT molecular complexity index is 66.3. The first-order valence-corrected chi connectivity index (χ1v) is 4.27. The molecule has 0 aliphatic carbocycles. The van der Waals surface area contributed by atoms with E-state index >= 15 is 0 Å². The minimum atomic E-state index is 0.789. The van der Waals surface area contributed by atoms with Crippen LogP contribution in [0.5, 0.6) is 0 Å². The lowest BCUT2D eigenvalue weighted by Gasteiger charge is -2.18. The number of hydrogen-bond donors (Lipinski definition) is 0. The molecule has 0 amide bonds. The molecule has 10 heavy (non-hydrogen) atoms. The Morgan fingerprint density at radius 1 is 1.20 bits per heavy atom. The topological polar surface area (TPSA) is 3.24 Å². The van der Waals surface area contributed by atoms with Gasteiger partial charge in [0, 0.05) is 0 Å². The molecule has 0 unspecified atom stereocenters. The third-order valence-electron chi connectivity index (χ3n) is 1.72. The van der Waals surface area contributed by atoms with Crippen molar-refractivity contribution in [1.82, 2.24) is 4.90 Å². The largest absolute Gasteiger partial charge is 0.304 e. The summed E-state index contributed by atoms with van der Waals surface area (Å²) >= 11 is 0. The molecule has 0 aromatic carbocycles. The molecule has 0 spiro atoms. The lowest BCUT2D eigenvalue weighted by molar-refractivity contribution is 0.299. The molecule has 0 fully saturated rings. The van der Waals surface area contributed by atoms with Crippen LogP contribution < -0.4 is 0 Å². The zero-order chi connectivity index (χ0) is 7.82. The highest BCUT2D eigenvalue weighted by Gasteiger charge is 1.97. The van der Waals surface area contributed by atoms with E-state index in [1.165, 1.54) is 19.4 Å².